The van der Waals surface area contributed by atoms with Gasteiger partial charge in [0.1, 0.15) is 5.41 Å². The molecule has 1 aromatic rings. The van der Waals surface area contributed by atoms with Gasteiger partial charge in [-0.05, 0) is 30.4 Å². The number of ketones is 2. The Labute approximate surface area is 144 Å². The van der Waals surface area contributed by atoms with Crippen LogP contribution in [0.1, 0.15) is 33.6 Å². The Hall–Kier alpha value is -1.39. The van der Waals surface area contributed by atoms with Crippen molar-refractivity contribution in [3.05, 3.63) is 28.2 Å². The summed E-state index contributed by atoms with van der Waals surface area (Å²) in [5.74, 6) is -1.55. The van der Waals surface area contributed by atoms with Crippen LogP contribution in [0.25, 0.3) is 0 Å². The molecule has 1 aromatic carbocycles. The molecule has 0 radical (unpaired) electrons. The van der Waals surface area contributed by atoms with Crippen molar-refractivity contribution in [2.24, 2.45) is 16.2 Å². The number of Topliss-reactive ketones (excluding diaryl/α,β-unsaturated/α-hetero) is 2. The maximum atomic E-state index is 13.0. The molecule has 23 heavy (non-hydrogen) atoms. The summed E-state index contributed by atoms with van der Waals surface area (Å²) in [6.45, 7) is 5.41. The number of nitrogens with one attached hydrogen (secondary N) is 1. The van der Waals surface area contributed by atoms with Crippen molar-refractivity contribution in [2.45, 2.75) is 33.6 Å². The van der Waals surface area contributed by atoms with E-state index in [-0.39, 0.29) is 15.7 Å². The maximum Gasteiger partial charge on any atom is 0.239 e. The molecule has 0 spiro atoms. The zero-order valence-electron chi connectivity index (χ0n) is 13.1. The lowest BCUT2D eigenvalue weighted by Crippen LogP contribution is -2.47. The molecular weight excluding hydrogens is 337 g/mol. The van der Waals surface area contributed by atoms with Gasteiger partial charge in [-0.3, -0.25) is 14.4 Å². The van der Waals surface area contributed by atoms with Crippen LogP contribution in [0.5, 0.6) is 0 Å². The number of halogens is 2. The molecule has 0 unspecified atom stereocenters. The Kier molecular flexibility index (Phi) is 3.44. The van der Waals surface area contributed by atoms with Crippen molar-refractivity contribution >= 4 is 46.4 Å². The first kappa shape index (κ1) is 16.5. The highest BCUT2D eigenvalue weighted by molar-refractivity contribution is 6.49. The molecule has 2 fully saturated rings. The fraction of sp³-hybridized carbons (Fsp3) is 0.471. The number of rotatable bonds is 2. The molecule has 2 aliphatic rings. The number of carbonyl (C=O) groups excluding carboxylic acids is 3. The van der Waals surface area contributed by atoms with E-state index < -0.39 is 33.7 Å². The van der Waals surface area contributed by atoms with Crippen LogP contribution >= 0.6 is 23.2 Å². The second-order valence-corrected chi connectivity index (χ2v) is 7.89. The minimum absolute atomic E-state index is 0.270. The molecule has 0 heterocycles. The zero-order chi connectivity index (χ0) is 17.2. The van der Waals surface area contributed by atoms with Crippen LogP contribution in [-0.2, 0) is 14.4 Å². The molecule has 0 saturated heterocycles. The Bertz CT molecular complexity index is 738. The molecule has 0 aromatic heterocycles. The quantitative estimate of drug-likeness (QED) is 0.647. The number of carbonyl (C=O) groups is 3. The van der Waals surface area contributed by atoms with Crippen molar-refractivity contribution in [1.29, 1.82) is 0 Å². The van der Waals surface area contributed by atoms with Crippen molar-refractivity contribution in [1.82, 2.24) is 0 Å². The molecule has 1 amide bonds. The smallest absolute Gasteiger partial charge is 0.239 e. The van der Waals surface area contributed by atoms with Gasteiger partial charge in [-0.25, -0.2) is 0 Å². The van der Waals surface area contributed by atoms with Crippen molar-refractivity contribution in [2.75, 3.05) is 5.32 Å². The Morgan fingerprint density at radius 3 is 2.09 bits per heavy atom. The molecule has 3 rings (SSSR count). The number of amides is 1. The number of anilines is 1. The third-order valence-corrected chi connectivity index (χ3v) is 6.76. The number of para-hydroxylation sites is 1. The van der Waals surface area contributed by atoms with E-state index in [0.717, 1.165) is 0 Å². The summed E-state index contributed by atoms with van der Waals surface area (Å²) in [5.41, 5.74) is -2.65. The maximum absolute atomic E-state index is 13.0. The van der Waals surface area contributed by atoms with Crippen LogP contribution in [0.4, 0.5) is 5.69 Å². The standard InChI is InChI=1S/C17H17Cl2NO3/c1-15(2)16(3)7-8-17(15,13(22)12(16)21)14(23)20-11-9(18)5-4-6-10(11)19/h4-6H,7-8H2,1-3H3,(H,20,23)/t16-,17+/m0/s1. The van der Waals surface area contributed by atoms with E-state index in [4.69, 9.17) is 23.2 Å². The van der Waals surface area contributed by atoms with Crippen LogP contribution in [0, 0.1) is 16.2 Å². The molecule has 0 aliphatic heterocycles. The van der Waals surface area contributed by atoms with Gasteiger partial charge >= 0.3 is 0 Å². The Morgan fingerprint density at radius 1 is 1.04 bits per heavy atom. The second-order valence-electron chi connectivity index (χ2n) is 7.07. The largest absolute Gasteiger partial charge is 0.323 e. The summed E-state index contributed by atoms with van der Waals surface area (Å²) in [4.78, 5) is 38.1. The lowest BCUT2D eigenvalue weighted by atomic mass is 9.64. The van der Waals surface area contributed by atoms with Gasteiger partial charge in [0.25, 0.3) is 0 Å². The lowest BCUT2D eigenvalue weighted by molar-refractivity contribution is -0.147. The van der Waals surface area contributed by atoms with Gasteiger partial charge in [0, 0.05) is 5.41 Å². The summed E-state index contributed by atoms with van der Waals surface area (Å²) < 4.78 is 0. The van der Waals surface area contributed by atoms with Crippen molar-refractivity contribution < 1.29 is 14.4 Å². The third-order valence-electron chi connectivity index (χ3n) is 6.13. The average Bonchev–Trinajstić information content (AvgIpc) is 2.75. The molecule has 4 nitrogen and oxygen atoms in total. The highest BCUT2D eigenvalue weighted by Crippen LogP contribution is 2.69. The van der Waals surface area contributed by atoms with E-state index in [1.54, 1.807) is 25.1 Å². The molecule has 2 saturated carbocycles. The predicted octanol–water partition coefficient (Wildman–Crippen LogP) is 3.90. The monoisotopic (exact) mass is 353 g/mol. The van der Waals surface area contributed by atoms with Gasteiger partial charge in [-0.2, -0.15) is 0 Å². The predicted molar refractivity (Wildman–Crippen MR) is 88.7 cm³/mol. The summed E-state index contributed by atoms with van der Waals surface area (Å²) in [6, 6.07) is 4.87. The second kappa shape index (κ2) is 4.81. The van der Waals surface area contributed by atoms with Gasteiger partial charge in [-0.1, -0.05) is 50.0 Å². The third kappa shape index (κ3) is 1.76. The topological polar surface area (TPSA) is 63.2 Å². The minimum Gasteiger partial charge on any atom is -0.323 e. The lowest BCUT2D eigenvalue weighted by Gasteiger charge is -2.37. The Balaban J connectivity index is 2.06. The fourth-order valence-electron chi connectivity index (χ4n) is 4.11. The number of hydrogen-bond donors (Lipinski definition) is 1. The normalized spacial score (nSPS) is 31.5. The van der Waals surface area contributed by atoms with E-state index in [9.17, 15) is 14.4 Å². The SMILES string of the molecule is CC1(C)[C@]2(C(=O)Nc3c(Cl)cccc3Cl)CC[C@@]1(C)C(=O)C2=O. The zero-order valence-corrected chi connectivity index (χ0v) is 14.6. The first-order valence-corrected chi connectivity index (χ1v) is 8.20. The molecular formula is C17H17Cl2NO3. The van der Waals surface area contributed by atoms with Crippen molar-refractivity contribution in [3.8, 4) is 0 Å². The molecule has 1 N–H and O–H groups in total. The van der Waals surface area contributed by atoms with Crippen molar-refractivity contribution in [3.63, 3.8) is 0 Å². The molecule has 2 atom stereocenters. The molecule has 6 heteroatoms. The van der Waals surface area contributed by atoms with E-state index in [2.05, 4.69) is 5.32 Å². The van der Waals surface area contributed by atoms with Crippen LogP contribution < -0.4 is 5.32 Å². The van der Waals surface area contributed by atoms with Gasteiger partial charge in [0.2, 0.25) is 17.5 Å². The fourth-order valence-corrected chi connectivity index (χ4v) is 4.60. The minimum atomic E-state index is -1.36. The van der Waals surface area contributed by atoms with E-state index in [1.807, 2.05) is 13.8 Å². The first-order chi connectivity index (χ1) is 10.6. The average molecular weight is 354 g/mol. The molecule has 2 bridgehead atoms. The summed E-state index contributed by atoms with van der Waals surface area (Å²) in [5, 5.41) is 3.27. The first-order valence-electron chi connectivity index (χ1n) is 7.44. The molecule has 2 aliphatic carbocycles. The van der Waals surface area contributed by atoms with Gasteiger partial charge in [-0.15, -0.1) is 0 Å². The summed E-state index contributed by atoms with van der Waals surface area (Å²) in [6.07, 6.45) is 0.878. The summed E-state index contributed by atoms with van der Waals surface area (Å²) >= 11 is 12.2. The van der Waals surface area contributed by atoms with E-state index in [0.29, 0.717) is 12.8 Å². The van der Waals surface area contributed by atoms with E-state index in [1.165, 1.54) is 0 Å². The van der Waals surface area contributed by atoms with Crippen LogP contribution in [0.15, 0.2) is 18.2 Å². The van der Waals surface area contributed by atoms with Crippen LogP contribution in [0.2, 0.25) is 10.0 Å². The van der Waals surface area contributed by atoms with E-state index >= 15 is 0 Å². The van der Waals surface area contributed by atoms with Gasteiger partial charge in [0.05, 0.1) is 15.7 Å². The van der Waals surface area contributed by atoms with Crippen LogP contribution in [0.3, 0.4) is 0 Å². The highest BCUT2D eigenvalue weighted by Gasteiger charge is 2.77. The number of fused-ring (bicyclic) bond motifs is 2. The van der Waals surface area contributed by atoms with Gasteiger partial charge in [0.15, 0.2) is 0 Å². The van der Waals surface area contributed by atoms with Crippen LogP contribution in [-0.4, -0.2) is 17.5 Å². The highest BCUT2D eigenvalue weighted by atomic mass is 35.5. The Morgan fingerprint density at radius 2 is 1.61 bits per heavy atom. The summed E-state index contributed by atoms with van der Waals surface area (Å²) in [7, 11) is 0. The number of hydrogen-bond acceptors (Lipinski definition) is 3. The van der Waals surface area contributed by atoms with Gasteiger partial charge < -0.3 is 5.32 Å². The number of benzene rings is 1. The molecule has 122 valence electrons.